The first-order chi connectivity index (χ1) is 9.72. The van der Waals surface area contributed by atoms with Crippen molar-refractivity contribution in [2.45, 2.75) is 6.92 Å². The van der Waals surface area contributed by atoms with Crippen LogP contribution in [0.5, 0.6) is 0 Å². The molecule has 100 valence electrons. The first-order valence-corrected chi connectivity index (χ1v) is 6.10. The van der Waals surface area contributed by atoms with Crippen molar-refractivity contribution in [3.63, 3.8) is 0 Å². The smallest absolute Gasteiger partial charge is 0.275 e. The van der Waals surface area contributed by atoms with E-state index in [2.05, 4.69) is 20.6 Å². The van der Waals surface area contributed by atoms with Crippen LogP contribution in [0.25, 0.3) is 0 Å². The first-order valence-electron chi connectivity index (χ1n) is 6.10. The molecule has 0 saturated heterocycles. The van der Waals surface area contributed by atoms with Crippen molar-refractivity contribution in [3.05, 3.63) is 47.9 Å². The van der Waals surface area contributed by atoms with Crippen LogP contribution in [0.2, 0.25) is 0 Å². The highest BCUT2D eigenvalue weighted by Crippen LogP contribution is 2.10. The number of hydrogen-bond donors (Lipinski definition) is 2. The van der Waals surface area contributed by atoms with Crippen molar-refractivity contribution in [2.24, 2.45) is 0 Å². The van der Waals surface area contributed by atoms with Gasteiger partial charge in [0.1, 0.15) is 11.5 Å². The summed E-state index contributed by atoms with van der Waals surface area (Å²) in [5.74, 6) is 0.210. The number of carbonyl (C=O) groups is 1. The quantitative estimate of drug-likeness (QED) is 0.884. The Morgan fingerprint density at radius 3 is 2.70 bits per heavy atom. The average molecular weight is 267 g/mol. The van der Waals surface area contributed by atoms with E-state index >= 15 is 0 Å². The largest absolute Gasteiger partial charge is 0.369 e. The van der Waals surface area contributed by atoms with Gasteiger partial charge in [-0.1, -0.05) is 0 Å². The lowest BCUT2D eigenvalue weighted by molar-refractivity contribution is 0.102. The Kier molecular flexibility index (Phi) is 4.24. The van der Waals surface area contributed by atoms with E-state index in [0.717, 1.165) is 0 Å². The van der Waals surface area contributed by atoms with Gasteiger partial charge in [0.05, 0.1) is 24.0 Å². The van der Waals surface area contributed by atoms with E-state index in [1.807, 2.05) is 13.0 Å². The van der Waals surface area contributed by atoms with Gasteiger partial charge in [0.25, 0.3) is 5.91 Å². The molecule has 2 rings (SSSR count). The molecule has 0 aliphatic rings. The Bertz CT molecular complexity index is 645. The van der Waals surface area contributed by atoms with E-state index in [9.17, 15) is 4.79 Å². The second-order valence-corrected chi connectivity index (χ2v) is 3.96. The van der Waals surface area contributed by atoms with E-state index in [1.165, 1.54) is 6.20 Å². The van der Waals surface area contributed by atoms with E-state index in [-0.39, 0.29) is 11.6 Å². The van der Waals surface area contributed by atoms with Crippen molar-refractivity contribution in [1.82, 2.24) is 9.97 Å². The van der Waals surface area contributed by atoms with Crippen LogP contribution >= 0.6 is 0 Å². The lowest BCUT2D eigenvalue weighted by atomic mass is 10.2. The minimum absolute atomic E-state index is 0.229. The highest BCUT2D eigenvalue weighted by molar-refractivity contribution is 6.02. The maximum absolute atomic E-state index is 12.0. The minimum atomic E-state index is -0.345. The van der Waals surface area contributed by atoms with Crippen molar-refractivity contribution in [1.29, 1.82) is 5.26 Å². The zero-order valence-electron chi connectivity index (χ0n) is 10.9. The number of nitrogens with one attached hydrogen (secondary N) is 2. The summed E-state index contributed by atoms with van der Waals surface area (Å²) in [6.45, 7) is 2.64. The molecule has 0 bridgehead atoms. The maximum atomic E-state index is 12.0. The summed E-state index contributed by atoms with van der Waals surface area (Å²) >= 11 is 0. The van der Waals surface area contributed by atoms with Crippen LogP contribution in [0.3, 0.4) is 0 Å². The summed E-state index contributed by atoms with van der Waals surface area (Å²) in [5, 5.41) is 14.4. The fourth-order valence-electron chi connectivity index (χ4n) is 1.56. The second kappa shape index (κ2) is 6.29. The zero-order valence-corrected chi connectivity index (χ0v) is 10.9. The Morgan fingerprint density at radius 1 is 1.30 bits per heavy atom. The third kappa shape index (κ3) is 3.29. The predicted molar refractivity (Wildman–Crippen MR) is 75.3 cm³/mol. The fraction of sp³-hybridized carbons (Fsp3) is 0.143. The molecule has 2 N–H and O–H groups in total. The minimum Gasteiger partial charge on any atom is -0.369 e. The number of benzene rings is 1. The number of rotatable bonds is 4. The van der Waals surface area contributed by atoms with Gasteiger partial charge in [-0.3, -0.25) is 9.78 Å². The normalized spacial score (nSPS) is 9.60. The topological polar surface area (TPSA) is 90.7 Å². The van der Waals surface area contributed by atoms with Crippen LogP contribution in [0.1, 0.15) is 23.0 Å². The number of nitrogens with zero attached hydrogens (tertiary/aromatic N) is 3. The van der Waals surface area contributed by atoms with Crippen LogP contribution in [-0.2, 0) is 0 Å². The van der Waals surface area contributed by atoms with Crippen LogP contribution in [0.15, 0.2) is 36.7 Å². The van der Waals surface area contributed by atoms with Gasteiger partial charge >= 0.3 is 0 Å². The standard InChI is InChI=1S/C14H13N5O/c1-2-17-13-9-16-8-12(19-13)14(20)18-11-5-3-10(7-15)4-6-11/h3-6,8-9H,2H2,1H3,(H,17,19)(H,18,20). The summed E-state index contributed by atoms with van der Waals surface area (Å²) in [5.41, 5.74) is 1.37. The third-order valence-corrected chi connectivity index (χ3v) is 2.50. The molecular formula is C14H13N5O. The molecule has 6 heteroatoms. The molecule has 0 radical (unpaired) electrons. The Morgan fingerprint density at radius 2 is 2.05 bits per heavy atom. The molecule has 0 aliphatic heterocycles. The Balaban J connectivity index is 2.11. The molecule has 0 unspecified atom stereocenters. The SMILES string of the molecule is CCNc1cncc(C(=O)Nc2ccc(C#N)cc2)n1. The molecular weight excluding hydrogens is 254 g/mol. The summed E-state index contributed by atoms with van der Waals surface area (Å²) < 4.78 is 0. The van der Waals surface area contributed by atoms with Gasteiger partial charge < -0.3 is 10.6 Å². The molecule has 1 amide bonds. The molecule has 6 nitrogen and oxygen atoms in total. The molecule has 0 fully saturated rings. The van der Waals surface area contributed by atoms with Gasteiger partial charge in [-0.15, -0.1) is 0 Å². The number of amides is 1. The molecule has 1 aromatic heterocycles. The highest BCUT2D eigenvalue weighted by Gasteiger charge is 2.09. The molecule has 20 heavy (non-hydrogen) atoms. The van der Waals surface area contributed by atoms with Gasteiger partial charge in [0.15, 0.2) is 0 Å². The van der Waals surface area contributed by atoms with E-state index in [4.69, 9.17) is 5.26 Å². The number of anilines is 2. The highest BCUT2D eigenvalue weighted by atomic mass is 16.1. The van der Waals surface area contributed by atoms with Crippen LogP contribution in [0, 0.1) is 11.3 Å². The monoisotopic (exact) mass is 267 g/mol. The number of hydrogen-bond acceptors (Lipinski definition) is 5. The molecule has 0 aliphatic carbocycles. The number of aromatic nitrogens is 2. The van der Waals surface area contributed by atoms with Gasteiger partial charge in [0, 0.05) is 12.2 Å². The van der Waals surface area contributed by atoms with Crippen molar-refractivity contribution in [3.8, 4) is 6.07 Å². The number of nitriles is 1. The Labute approximate surface area is 116 Å². The summed E-state index contributed by atoms with van der Waals surface area (Å²) in [6.07, 6.45) is 2.96. The molecule has 0 saturated carbocycles. The lowest BCUT2D eigenvalue weighted by Crippen LogP contribution is -2.15. The summed E-state index contributed by atoms with van der Waals surface area (Å²) in [4.78, 5) is 20.1. The molecule has 2 aromatic rings. The third-order valence-electron chi connectivity index (χ3n) is 2.50. The maximum Gasteiger partial charge on any atom is 0.275 e. The van der Waals surface area contributed by atoms with Crippen LogP contribution < -0.4 is 10.6 Å². The van der Waals surface area contributed by atoms with Crippen molar-refractivity contribution >= 4 is 17.4 Å². The zero-order chi connectivity index (χ0) is 14.4. The first kappa shape index (κ1) is 13.5. The number of carbonyl (C=O) groups excluding carboxylic acids is 1. The van der Waals surface area contributed by atoms with Crippen molar-refractivity contribution in [2.75, 3.05) is 17.2 Å². The van der Waals surface area contributed by atoms with E-state index < -0.39 is 0 Å². The Hall–Kier alpha value is -2.94. The second-order valence-electron chi connectivity index (χ2n) is 3.96. The van der Waals surface area contributed by atoms with Gasteiger partial charge in [-0.2, -0.15) is 5.26 Å². The van der Waals surface area contributed by atoms with E-state index in [1.54, 1.807) is 30.5 Å². The van der Waals surface area contributed by atoms with Gasteiger partial charge in [-0.05, 0) is 31.2 Å². The predicted octanol–water partition coefficient (Wildman–Crippen LogP) is 2.03. The summed E-state index contributed by atoms with van der Waals surface area (Å²) in [6, 6.07) is 8.62. The van der Waals surface area contributed by atoms with E-state index in [0.29, 0.717) is 23.6 Å². The lowest BCUT2D eigenvalue weighted by Gasteiger charge is -2.06. The van der Waals surface area contributed by atoms with Crippen molar-refractivity contribution < 1.29 is 4.79 Å². The molecule has 1 heterocycles. The van der Waals surface area contributed by atoms with Gasteiger partial charge in [-0.25, -0.2) is 4.98 Å². The fourth-order valence-corrected chi connectivity index (χ4v) is 1.56. The average Bonchev–Trinajstić information content (AvgIpc) is 2.48. The summed E-state index contributed by atoms with van der Waals surface area (Å²) in [7, 11) is 0. The van der Waals surface area contributed by atoms with Gasteiger partial charge in [0.2, 0.25) is 0 Å². The molecule has 0 spiro atoms. The molecule has 0 atom stereocenters. The van der Waals surface area contributed by atoms with Crippen LogP contribution in [-0.4, -0.2) is 22.4 Å². The van der Waals surface area contributed by atoms with Crippen LogP contribution in [0.4, 0.5) is 11.5 Å². The molecule has 1 aromatic carbocycles.